The lowest BCUT2D eigenvalue weighted by Gasteiger charge is -2.14. The van der Waals surface area contributed by atoms with Crippen LogP contribution in [0.4, 0.5) is 10.5 Å². The summed E-state index contributed by atoms with van der Waals surface area (Å²) in [4.78, 5) is 37.4. The third-order valence-corrected chi connectivity index (χ3v) is 3.87. The minimum absolute atomic E-state index is 0.0244. The lowest BCUT2D eigenvalue weighted by molar-refractivity contribution is 0.0653. The van der Waals surface area contributed by atoms with Gasteiger partial charge in [-0.3, -0.25) is 14.5 Å². The number of urea groups is 1. The van der Waals surface area contributed by atoms with Crippen molar-refractivity contribution in [3.63, 3.8) is 0 Å². The van der Waals surface area contributed by atoms with E-state index < -0.39 is 6.03 Å². The molecule has 0 atom stereocenters. The topological polar surface area (TPSA) is 98.7 Å². The summed E-state index contributed by atoms with van der Waals surface area (Å²) in [7, 11) is 0. The first-order valence-electron chi connectivity index (χ1n) is 7.86. The number of phenols is 1. The molecule has 3 rings (SSSR count). The molecule has 0 saturated heterocycles. The van der Waals surface area contributed by atoms with E-state index >= 15 is 0 Å². The number of benzene rings is 2. The lowest BCUT2D eigenvalue weighted by Crippen LogP contribution is -2.35. The molecule has 0 radical (unpaired) electrons. The van der Waals surface area contributed by atoms with Crippen molar-refractivity contribution in [3.8, 4) is 5.75 Å². The first kappa shape index (κ1) is 16.5. The van der Waals surface area contributed by atoms with Gasteiger partial charge in [-0.15, -0.1) is 0 Å². The first-order valence-corrected chi connectivity index (χ1v) is 7.86. The van der Waals surface area contributed by atoms with Crippen LogP contribution in [0.3, 0.4) is 0 Å². The second kappa shape index (κ2) is 7.04. The van der Waals surface area contributed by atoms with Gasteiger partial charge in [-0.1, -0.05) is 24.3 Å². The third kappa shape index (κ3) is 3.45. The maximum absolute atomic E-state index is 12.2. The molecule has 0 unspecified atom stereocenters. The molecular weight excluding hydrogens is 322 g/mol. The summed E-state index contributed by atoms with van der Waals surface area (Å²) >= 11 is 0. The zero-order chi connectivity index (χ0) is 17.8. The first-order chi connectivity index (χ1) is 12.1. The molecule has 7 nitrogen and oxygen atoms in total. The number of anilines is 1. The van der Waals surface area contributed by atoms with E-state index in [1.165, 1.54) is 11.0 Å². The monoisotopic (exact) mass is 339 g/mol. The van der Waals surface area contributed by atoms with Crippen LogP contribution in [0.25, 0.3) is 0 Å². The van der Waals surface area contributed by atoms with Gasteiger partial charge in [0.15, 0.2) is 0 Å². The molecule has 1 aliphatic heterocycles. The Balaban J connectivity index is 1.46. The molecule has 1 aliphatic rings. The van der Waals surface area contributed by atoms with Crippen molar-refractivity contribution in [3.05, 3.63) is 59.7 Å². The van der Waals surface area contributed by atoms with E-state index in [9.17, 15) is 19.5 Å². The number of para-hydroxylation sites is 2. The molecule has 2 aromatic carbocycles. The van der Waals surface area contributed by atoms with Crippen molar-refractivity contribution in [1.29, 1.82) is 0 Å². The van der Waals surface area contributed by atoms with Crippen LogP contribution in [0.2, 0.25) is 0 Å². The molecule has 128 valence electrons. The normalized spacial score (nSPS) is 12.9. The third-order valence-electron chi connectivity index (χ3n) is 3.87. The highest BCUT2D eigenvalue weighted by molar-refractivity contribution is 6.21. The van der Waals surface area contributed by atoms with Crippen molar-refractivity contribution < 1.29 is 19.5 Å². The van der Waals surface area contributed by atoms with Crippen LogP contribution in [0.15, 0.2) is 48.5 Å². The molecule has 1 heterocycles. The summed E-state index contributed by atoms with van der Waals surface area (Å²) < 4.78 is 0. The van der Waals surface area contributed by atoms with Gasteiger partial charge in [0.2, 0.25) is 0 Å². The van der Waals surface area contributed by atoms with Gasteiger partial charge in [0, 0.05) is 13.1 Å². The second-order valence-electron chi connectivity index (χ2n) is 5.56. The predicted octanol–water partition coefficient (Wildman–Crippen LogP) is 2.20. The van der Waals surface area contributed by atoms with Crippen LogP contribution in [0.5, 0.6) is 5.75 Å². The van der Waals surface area contributed by atoms with Crippen LogP contribution < -0.4 is 10.6 Å². The number of carbonyl (C=O) groups is 3. The molecule has 7 heteroatoms. The van der Waals surface area contributed by atoms with E-state index in [1.54, 1.807) is 42.5 Å². The lowest BCUT2D eigenvalue weighted by atomic mass is 10.1. The van der Waals surface area contributed by atoms with Crippen LogP contribution >= 0.6 is 0 Å². The average molecular weight is 339 g/mol. The number of carbonyl (C=O) groups excluding carboxylic acids is 3. The largest absolute Gasteiger partial charge is 0.506 e. The smallest absolute Gasteiger partial charge is 0.319 e. The number of aromatic hydroxyl groups is 1. The second-order valence-corrected chi connectivity index (χ2v) is 5.56. The zero-order valence-corrected chi connectivity index (χ0v) is 13.4. The van der Waals surface area contributed by atoms with Crippen molar-refractivity contribution in [2.75, 3.05) is 18.4 Å². The number of fused-ring (bicyclic) bond motifs is 1. The number of nitrogens with one attached hydrogen (secondary N) is 2. The molecule has 0 saturated carbocycles. The van der Waals surface area contributed by atoms with Crippen LogP contribution in [0.1, 0.15) is 27.1 Å². The fraction of sp³-hybridized carbons (Fsp3) is 0.167. The molecule has 25 heavy (non-hydrogen) atoms. The summed E-state index contributed by atoms with van der Waals surface area (Å²) in [5, 5.41) is 14.7. The highest BCUT2D eigenvalue weighted by atomic mass is 16.3. The SMILES string of the molecule is O=C(NCCCN1C(=O)c2ccccc2C1=O)Nc1ccccc1O. The fourth-order valence-corrected chi connectivity index (χ4v) is 2.63. The Bertz CT molecular complexity index is 800. The standard InChI is InChI=1S/C18H17N3O4/c22-15-9-4-3-8-14(15)20-18(25)19-10-5-11-21-16(23)12-6-1-2-7-13(12)17(21)24/h1-4,6-9,22H,5,10-11H2,(H2,19,20,25). The number of hydrogen-bond donors (Lipinski definition) is 3. The summed E-state index contributed by atoms with van der Waals surface area (Å²) in [6.07, 6.45) is 0.430. The molecule has 0 fully saturated rings. The number of phenolic OH excluding ortho intramolecular Hbond substituents is 1. The van der Waals surface area contributed by atoms with Gasteiger partial charge >= 0.3 is 6.03 Å². The van der Waals surface area contributed by atoms with E-state index in [2.05, 4.69) is 10.6 Å². The number of amides is 4. The van der Waals surface area contributed by atoms with Gasteiger partial charge in [-0.05, 0) is 30.7 Å². The van der Waals surface area contributed by atoms with Crippen LogP contribution in [0, 0.1) is 0 Å². The Morgan fingerprint density at radius 3 is 2.20 bits per heavy atom. The van der Waals surface area contributed by atoms with Crippen LogP contribution in [-0.4, -0.2) is 40.9 Å². The summed E-state index contributed by atoms with van der Waals surface area (Å²) in [5.41, 5.74) is 1.14. The van der Waals surface area contributed by atoms with Gasteiger partial charge in [0.1, 0.15) is 5.75 Å². The number of imide groups is 1. The minimum Gasteiger partial charge on any atom is -0.506 e. The van der Waals surface area contributed by atoms with Gasteiger partial charge < -0.3 is 15.7 Å². The van der Waals surface area contributed by atoms with Crippen molar-refractivity contribution in [1.82, 2.24) is 10.2 Å². The molecule has 0 aromatic heterocycles. The van der Waals surface area contributed by atoms with E-state index in [-0.39, 0.29) is 30.7 Å². The van der Waals surface area contributed by atoms with Gasteiger partial charge in [0.25, 0.3) is 11.8 Å². The van der Waals surface area contributed by atoms with E-state index in [1.807, 2.05) is 0 Å². The van der Waals surface area contributed by atoms with Crippen molar-refractivity contribution in [2.24, 2.45) is 0 Å². The molecule has 0 aliphatic carbocycles. The predicted molar refractivity (Wildman–Crippen MR) is 91.6 cm³/mol. The Morgan fingerprint density at radius 1 is 0.960 bits per heavy atom. The molecule has 0 bridgehead atoms. The van der Waals surface area contributed by atoms with Gasteiger partial charge in [-0.2, -0.15) is 0 Å². The number of hydrogen-bond acceptors (Lipinski definition) is 4. The number of rotatable bonds is 5. The van der Waals surface area contributed by atoms with Crippen LogP contribution in [-0.2, 0) is 0 Å². The molecular formula is C18H17N3O4. The van der Waals surface area contributed by atoms with E-state index in [0.29, 0.717) is 23.2 Å². The Morgan fingerprint density at radius 2 is 1.56 bits per heavy atom. The van der Waals surface area contributed by atoms with Crippen molar-refractivity contribution in [2.45, 2.75) is 6.42 Å². The Hall–Kier alpha value is -3.35. The Labute approximate surface area is 144 Å². The molecule has 3 N–H and O–H groups in total. The summed E-state index contributed by atoms with van der Waals surface area (Å²) in [6, 6.07) is 12.6. The van der Waals surface area contributed by atoms with Crippen molar-refractivity contribution >= 4 is 23.5 Å². The highest BCUT2D eigenvalue weighted by Crippen LogP contribution is 2.22. The molecule has 2 aromatic rings. The van der Waals surface area contributed by atoms with E-state index in [0.717, 1.165) is 0 Å². The minimum atomic E-state index is -0.469. The fourth-order valence-electron chi connectivity index (χ4n) is 2.63. The zero-order valence-electron chi connectivity index (χ0n) is 13.4. The summed E-state index contributed by atoms with van der Waals surface area (Å²) in [6.45, 7) is 0.510. The van der Waals surface area contributed by atoms with E-state index in [4.69, 9.17) is 0 Å². The van der Waals surface area contributed by atoms with Gasteiger partial charge in [0.05, 0.1) is 16.8 Å². The quantitative estimate of drug-likeness (QED) is 0.442. The molecule has 4 amide bonds. The highest BCUT2D eigenvalue weighted by Gasteiger charge is 2.34. The summed E-state index contributed by atoms with van der Waals surface area (Å²) in [5.74, 6) is -0.637. The number of nitrogens with zero attached hydrogens (tertiary/aromatic N) is 1. The van der Waals surface area contributed by atoms with Gasteiger partial charge in [-0.25, -0.2) is 4.79 Å². The molecule has 0 spiro atoms. The maximum atomic E-state index is 12.2. The average Bonchev–Trinajstić information content (AvgIpc) is 2.86. The Kier molecular flexibility index (Phi) is 4.65. The maximum Gasteiger partial charge on any atom is 0.319 e.